The van der Waals surface area contributed by atoms with Gasteiger partial charge in [0.2, 0.25) is 0 Å². The highest BCUT2D eigenvalue weighted by Gasteiger charge is 2.80. The average Bonchev–Trinajstić information content (AvgIpc) is 3.55. The highest BCUT2D eigenvalue weighted by molar-refractivity contribution is 5.87. The molecular weight excluding hydrogens is 913 g/mol. The molecule has 8 rings (SSSR count). The second kappa shape index (κ2) is 20.0. The fourth-order valence-electron chi connectivity index (χ4n) is 13.8. The van der Waals surface area contributed by atoms with Gasteiger partial charge < -0.3 is 98.1 Å². The van der Waals surface area contributed by atoms with E-state index < -0.39 is 163 Å². The molecule has 8 aliphatic rings. The predicted octanol–water partition coefficient (Wildman–Crippen LogP) is -0.769. The number of rotatable bonds is 13. The average molecular weight is 991 g/mol. The zero-order chi connectivity index (χ0) is 50.3. The van der Waals surface area contributed by atoms with Gasteiger partial charge in [-0.3, -0.25) is 4.79 Å². The molecule has 0 radical (unpaired) electrons. The van der Waals surface area contributed by atoms with Crippen LogP contribution in [0.2, 0.25) is 0 Å². The first kappa shape index (κ1) is 53.9. The van der Waals surface area contributed by atoms with E-state index in [0.717, 1.165) is 5.57 Å². The van der Waals surface area contributed by atoms with Crippen LogP contribution in [0, 0.1) is 16.7 Å². The second-order valence-electron chi connectivity index (χ2n) is 21.5. The van der Waals surface area contributed by atoms with E-state index in [0.29, 0.717) is 25.7 Å². The molecular formula is C48H78O21. The lowest BCUT2D eigenvalue weighted by atomic mass is 9.42. The molecule has 0 aromatic heterocycles. The van der Waals surface area contributed by atoms with Crippen molar-refractivity contribution < 1.29 is 103 Å². The Kier molecular flexibility index (Phi) is 15.7. The van der Waals surface area contributed by atoms with Crippen LogP contribution in [-0.4, -0.2) is 219 Å². The number of methoxy groups -OCH3 is 3. The summed E-state index contributed by atoms with van der Waals surface area (Å²) in [7, 11) is 4.49. The standard InChI is InChI=1S/C48H78O21/c1-21-38(67-33-18-28(60-8)39(22(2)63-33)68-43-37(55)41(61-9)40(23(3)64-43)69-42-36(54)35(53)34(52)29(20-49)66-42)27(59-7)17-32(62-21)65-26-11-12-44(5)25(16-26)10-13-47(57)30(44)19-31(51)45(6)46(56,24(4)50)14-15-48(45,47)58/h10,21-23,26-43,49,51-58H,11-20H2,1-9H3/t21-,22-,23-,26+,27+,28-,29-,30-,31-,32+,33+,34-,35+,36-,37-,38-,39-,40-,41+,42+,43+,44+,45-,46-,47+,48-/m1/s1. The fourth-order valence-corrected chi connectivity index (χ4v) is 13.8. The summed E-state index contributed by atoms with van der Waals surface area (Å²) in [5.41, 5.74) is -6.68. The smallest absolute Gasteiger partial charge is 0.187 e. The van der Waals surface area contributed by atoms with Gasteiger partial charge in [-0.2, -0.15) is 0 Å². The van der Waals surface area contributed by atoms with Crippen molar-refractivity contribution in [1.82, 2.24) is 0 Å². The Hall–Kier alpha value is -1.39. The molecule has 0 aromatic rings. The number of hydrogen-bond acceptors (Lipinski definition) is 21. The first-order chi connectivity index (χ1) is 32.5. The molecule has 7 fully saturated rings. The van der Waals surface area contributed by atoms with Crippen LogP contribution in [0.25, 0.3) is 0 Å². The molecule has 21 nitrogen and oxygen atoms in total. The monoisotopic (exact) mass is 991 g/mol. The Morgan fingerprint density at radius 2 is 1.26 bits per heavy atom. The van der Waals surface area contributed by atoms with Crippen LogP contribution < -0.4 is 0 Å². The Bertz CT molecular complexity index is 1840. The van der Waals surface area contributed by atoms with Gasteiger partial charge >= 0.3 is 0 Å². The molecule has 9 N–H and O–H groups in total. The van der Waals surface area contributed by atoms with Gasteiger partial charge in [-0.05, 0) is 78.1 Å². The minimum Gasteiger partial charge on any atom is -0.394 e. The number of hydrogen-bond donors (Lipinski definition) is 9. The molecule has 0 amide bonds. The number of carbonyl (C=O) groups is 1. The van der Waals surface area contributed by atoms with E-state index in [4.69, 9.17) is 52.1 Å². The number of carbonyl (C=O) groups excluding carboxylic acids is 1. The minimum atomic E-state index is -1.96. The topological polar surface area (TPSA) is 301 Å². The zero-order valence-corrected chi connectivity index (χ0v) is 41.2. The summed E-state index contributed by atoms with van der Waals surface area (Å²) in [6.45, 7) is 9.56. The highest BCUT2D eigenvalue weighted by atomic mass is 16.8. The molecule has 0 unspecified atom stereocenters. The van der Waals surface area contributed by atoms with Crippen molar-refractivity contribution in [3.63, 3.8) is 0 Å². The molecule has 4 aliphatic carbocycles. The number of aliphatic hydroxyl groups is 9. The van der Waals surface area contributed by atoms with Crippen LogP contribution in [0.4, 0.5) is 0 Å². The molecule has 4 heterocycles. The SMILES string of the molecule is CO[C@H]1[C@@H](O)[C@H](O[C@@H]2[C@@H](C)O[C@@H](O[C@H]3[C@@H](OC)C[C@H](O[C@H]4CC[C@@]5(C)C(=CC[C@]6(O)[C@@H]5C[C@@H](O)[C@@]5(C)[C@]6(O)CC[C@@]5(O)C(C)=O)C4)O[C@@H]3C)C[C@H]2OC)O[C@H](C)[C@H]1O[C@@H]1O[C@H](CO)[C@@H](O)[C@H](O)[C@H]1O. The maximum absolute atomic E-state index is 12.8. The largest absolute Gasteiger partial charge is 0.394 e. The molecule has 0 bridgehead atoms. The van der Waals surface area contributed by atoms with Crippen molar-refractivity contribution in [2.75, 3.05) is 27.9 Å². The lowest BCUT2D eigenvalue weighted by Crippen LogP contribution is -2.78. The quantitative estimate of drug-likeness (QED) is 0.102. The van der Waals surface area contributed by atoms with Gasteiger partial charge in [0.25, 0.3) is 0 Å². The normalized spacial score (nSPS) is 54.5. The molecule has 396 valence electrons. The van der Waals surface area contributed by atoms with Crippen LogP contribution in [0.3, 0.4) is 0 Å². The molecule has 21 heteroatoms. The molecule has 26 atom stereocenters. The number of aliphatic hydroxyl groups excluding tert-OH is 6. The number of fused-ring (bicyclic) bond motifs is 5. The predicted molar refractivity (Wildman–Crippen MR) is 236 cm³/mol. The Morgan fingerprint density at radius 1 is 0.681 bits per heavy atom. The summed E-state index contributed by atoms with van der Waals surface area (Å²) >= 11 is 0. The molecule has 0 spiro atoms. The van der Waals surface area contributed by atoms with Gasteiger partial charge in [-0.15, -0.1) is 0 Å². The molecule has 4 saturated heterocycles. The molecule has 4 aliphatic heterocycles. The molecule has 69 heavy (non-hydrogen) atoms. The van der Waals surface area contributed by atoms with E-state index >= 15 is 0 Å². The first-order valence-electron chi connectivity index (χ1n) is 24.7. The van der Waals surface area contributed by atoms with E-state index in [2.05, 4.69) is 6.92 Å². The third-order valence-electron chi connectivity index (χ3n) is 18.1. The van der Waals surface area contributed by atoms with Crippen molar-refractivity contribution >= 4 is 5.78 Å². The molecule has 3 saturated carbocycles. The van der Waals surface area contributed by atoms with Gasteiger partial charge in [0, 0.05) is 40.1 Å². The van der Waals surface area contributed by atoms with Crippen molar-refractivity contribution in [2.24, 2.45) is 16.7 Å². The van der Waals surface area contributed by atoms with Crippen molar-refractivity contribution in [3.05, 3.63) is 11.6 Å². The van der Waals surface area contributed by atoms with Crippen LogP contribution in [-0.2, 0) is 56.9 Å². The third-order valence-corrected chi connectivity index (χ3v) is 18.1. The number of Topliss-reactive ketones (excluding diaryl/α,β-unsaturated/α-hetero) is 1. The maximum Gasteiger partial charge on any atom is 0.187 e. The van der Waals surface area contributed by atoms with Gasteiger partial charge in [0.15, 0.2) is 30.9 Å². The molecule has 0 aromatic carbocycles. The van der Waals surface area contributed by atoms with E-state index in [1.54, 1.807) is 27.9 Å². The lowest BCUT2D eigenvalue weighted by molar-refractivity contribution is -0.373. The van der Waals surface area contributed by atoms with Crippen molar-refractivity contribution in [1.29, 1.82) is 0 Å². The number of ether oxygens (including phenoxy) is 11. The van der Waals surface area contributed by atoms with Gasteiger partial charge in [0.1, 0.15) is 71.7 Å². The minimum absolute atomic E-state index is 0.0128. The van der Waals surface area contributed by atoms with E-state index in [-0.39, 0.29) is 38.2 Å². The van der Waals surface area contributed by atoms with Gasteiger partial charge in [0.05, 0.1) is 54.7 Å². The Labute approximate surface area is 403 Å². The van der Waals surface area contributed by atoms with Crippen LogP contribution in [0.5, 0.6) is 0 Å². The first-order valence-corrected chi connectivity index (χ1v) is 24.7. The summed E-state index contributed by atoms with van der Waals surface area (Å²) in [5.74, 6) is -1.06. The Balaban J connectivity index is 0.859. The van der Waals surface area contributed by atoms with Crippen molar-refractivity contribution in [2.45, 2.75) is 239 Å². The van der Waals surface area contributed by atoms with Crippen LogP contribution in [0.15, 0.2) is 11.6 Å². The fraction of sp³-hybridized carbons (Fsp3) is 0.938. The van der Waals surface area contributed by atoms with E-state index in [9.17, 15) is 50.8 Å². The summed E-state index contributed by atoms with van der Waals surface area (Å²) in [6, 6.07) is 0. The second-order valence-corrected chi connectivity index (χ2v) is 21.5. The summed E-state index contributed by atoms with van der Waals surface area (Å²) in [6.07, 6.45) is -14.9. The van der Waals surface area contributed by atoms with E-state index in [1.807, 2.05) is 13.0 Å². The highest BCUT2D eigenvalue weighted by Crippen LogP contribution is 2.70. The summed E-state index contributed by atoms with van der Waals surface area (Å²) in [5, 5.41) is 100. The zero-order valence-electron chi connectivity index (χ0n) is 41.2. The summed E-state index contributed by atoms with van der Waals surface area (Å²) < 4.78 is 67.5. The van der Waals surface area contributed by atoms with Crippen LogP contribution >= 0.6 is 0 Å². The Morgan fingerprint density at radius 3 is 1.86 bits per heavy atom. The van der Waals surface area contributed by atoms with Gasteiger partial charge in [-0.1, -0.05) is 25.5 Å². The van der Waals surface area contributed by atoms with Crippen molar-refractivity contribution in [3.8, 4) is 0 Å². The third kappa shape index (κ3) is 8.72. The number of ketones is 1. The lowest BCUT2D eigenvalue weighted by Gasteiger charge is -2.66. The maximum atomic E-state index is 12.8. The van der Waals surface area contributed by atoms with Crippen LogP contribution in [0.1, 0.15) is 99.3 Å². The van der Waals surface area contributed by atoms with E-state index in [1.165, 1.54) is 21.1 Å². The summed E-state index contributed by atoms with van der Waals surface area (Å²) in [4.78, 5) is 12.8. The van der Waals surface area contributed by atoms with Gasteiger partial charge in [-0.25, -0.2) is 0 Å².